The zero-order chi connectivity index (χ0) is 21.4. The van der Waals surface area contributed by atoms with Crippen LogP contribution in [-0.2, 0) is 9.53 Å². The number of rotatable bonds is 8. The Hall–Kier alpha value is -2.78. The van der Waals surface area contributed by atoms with Crippen molar-refractivity contribution < 1.29 is 14.3 Å². The minimum absolute atomic E-state index is 0.161. The Kier molecular flexibility index (Phi) is 8.29. The molecular formula is C23H26N2O3S. The minimum Gasteiger partial charge on any atom is -0.452 e. The fourth-order valence-corrected chi connectivity index (χ4v) is 3.47. The summed E-state index contributed by atoms with van der Waals surface area (Å²) in [5.74, 6) is -0.123. The number of nitrogens with zero attached hydrogens (tertiary/aromatic N) is 1. The largest absolute Gasteiger partial charge is 0.452 e. The van der Waals surface area contributed by atoms with Gasteiger partial charge in [-0.2, -0.15) is 5.26 Å². The zero-order valence-electron chi connectivity index (χ0n) is 17.2. The van der Waals surface area contributed by atoms with Gasteiger partial charge < -0.3 is 10.1 Å². The van der Waals surface area contributed by atoms with Crippen molar-refractivity contribution in [2.24, 2.45) is 0 Å². The Bertz CT molecular complexity index is 917. The average molecular weight is 411 g/mol. The summed E-state index contributed by atoms with van der Waals surface area (Å²) in [7, 11) is 0. The number of hydrogen-bond donors (Lipinski definition) is 1. The Labute approximate surface area is 176 Å². The molecule has 0 heterocycles. The Morgan fingerprint density at radius 3 is 2.48 bits per heavy atom. The van der Waals surface area contributed by atoms with Crippen LogP contribution >= 0.6 is 11.8 Å². The number of para-hydroxylation sites is 1. The van der Waals surface area contributed by atoms with Gasteiger partial charge in [0.25, 0.3) is 5.91 Å². The Morgan fingerprint density at radius 1 is 1.10 bits per heavy atom. The van der Waals surface area contributed by atoms with Crippen LogP contribution in [0.3, 0.4) is 0 Å². The molecule has 2 rings (SSSR count). The molecule has 2 aromatic rings. The number of benzene rings is 2. The molecule has 0 unspecified atom stereocenters. The van der Waals surface area contributed by atoms with Gasteiger partial charge in [0.1, 0.15) is 0 Å². The lowest BCUT2D eigenvalue weighted by Crippen LogP contribution is -2.22. The van der Waals surface area contributed by atoms with Crippen molar-refractivity contribution in [1.29, 1.82) is 5.26 Å². The van der Waals surface area contributed by atoms with E-state index in [0.29, 0.717) is 17.2 Å². The summed E-state index contributed by atoms with van der Waals surface area (Å²) in [6, 6.07) is 15.0. The average Bonchev–Trinajstić information content (AvgIpc) is 2.70. The molecule has 1 amide bonds. The van der Waals surface area contributed by atoms with Crippen molar-refractivity contribution in [2.45, 2.75) is 44.4 Å². The number of anilines is 1. The molecule has 0 aliphatic carbocycles. The van der Waals surface area contributed by atoms with Gasteiger partial charge >= 0.3 is 5.97 Å². The van der Waals surface area contributed by atoms with Crippen molar-refractivity contribution in [3.8, 4) is 6.07 Å². The number of nitrogens with one attached hydrogen (secondary N) is 1. The first-order valence-electron chi connectivity index (χ1n) is 9.53. The van der Waals surface area contributed by atoms with Gasteiger partial charge in [-0.3, -0.25) is 4.79 Å². The molecule has 152 valence electrons. The zero-order valence-corrected chi connectivity index (χ0v) is 18.0. The van der Waals surface area contributed by atoms with E-state index in [-0.39, 0.29) is 18.3 Å². The minimum atomic E-state index is -0.508. The van der Waals surface area contributed by atoms with E-state index >= 15 is 0 Å². The quantitative estimate of drug-likeness (QED) is 0.469. The third kappa shape index (κ3) is 6.37. The van der Waals surface area contributed by atoms with E-state index in [1.807, 2.05) is 38.1 Å². The van der Waals surface area contributed by atoms with Crippen molar-refractivity contribution in [1.82, 2.24) is 0 Å². The predicted octanol–water partition coefficient (Wildman–Crippen LogP) is 5.34. The third-order valence-electron chi connectivity index (χ3n) is 4.37. The first-order chi connectivity index (χ1) is 13.8. The molecule has 0 saturated carbocycles. The monoisotopic (exact) mass is 410 g/mol. The second kappa shape index (κ2) is 10.7. The standard InChI is InChI=1S/C23H26N2O3S/c1-15(2)17-9-10-18(19(13-17)16(3)4)23(27)28-14-22(26)25-20-7-5-6-8-21(20)29-12-11-24/h5-10,13,15-16H,12,14H2,1-4H3,(H,25,26). The molecule has 0 radical (unpaired) electrons. The number of carbonyl (C=O) groups excluding carboxylic acids is 2. The maximum atomic E-state index is 12.6. The molecule has 29 heavy (non-hydrogen) atoms. The van der Waals surface area contributed by atoms with Gasteiger partial charge in [0, 0.05) is 4.90 Å². The normalized spacial score (nSPS) is 10.7. The lowest BCUT2D eigenvalue weighted by atomic mass is 9.91. The van der Waals surface area contributed by atoms with Crippen LogP contribution < -0.4 is 5.32 Å². The van der Waals surface area contributed by atoms with Crippen LogP contribution in [0.1, 0.15) is 61.0 Å². The molecule has 6 heteroatoms. The molecule has 5 nitrogen and oxygen atoms in total. The molecule has 0 fully saturated rings. The molecule has 2 aromatic carbocycles. The van der Waals surface area contributed by atoms with Crippen LogP contribution in [0.5, 0.6) is 0 Å². The van der Waals surface area contributed by atoms with Gasteiger partial charge in [-0.25, -0.2) is 4.79 Å². The van der Waals surface area contributed by atoms with E-state index in [4.69, 9.17) is 10.00 Å². The van der Waals surface area contributed by atoms with Gasteiger partial charge in [0.15, 0.2) is 6.61 Å². The first kappa shape index (κ1) is 22.5. The van der Waals surface area contributed by atoms with E-state index in [1.165, 1.54) is 11.8 Å². The molecule has 0 atom stereocenters. The molecule has 0 aliphatic rings. The fraction of sp³-hybridized carbons (Fsp3) is 0.348. The lowest BCUT2D eigenvalue weighted by molar-refractivity contribution is -0.119. The molecule has 0 spiro atoms. The maximum absolute atomic E-state index is 12.6. The summed E-state index contributed by atoms with van der Waals surface area (Å²) in [6.07, 6.45) is 0. The number of nitriles is 1. The van der Waals surface area contributed by atoms with Gasteiger partial charge in [0.2, 0.25) is 0 Å². The summed E-state index contributed by atoms with van der Waals surface area (Å²) in [4.78, 5) is 25.6. The van der Waals surface area contributed by atoms with Crippen molar-refractivity contribution >= 4 is 29.3 Å². The van der Waals surface area contributed by atoms with E-state index in [0.717, 1.165) is 16.0 Å². The predicted molar refractivity (Wildman–Crippen MR) is 116 cm³/mol. The highest BCUT2D eigenvalue weighted by Crippen LogP contribution is 2.27. The summed E-state index contributed by atoms with van der Waals surface area (Å²) in [5.41, 5.74) is 3.16. The highest BCUT2D eigenvalue weighted by molar-refractivity contribution is 7.99. The number of hydrogen-bond acceptors (Lipinski definition) is 5. The number of carbonyl (C=O) groups is 2. The third-order valence-corrected chi connectivity index (χ3v) is 5.31. The molecule has 0 saturated heterocycles. The van der Waals surface area contributed by atoms with Crippen LogP contribution in [-0.4, -0.2) is 24.2 Å². The van der Waals surface area contributed by atoms with E-state index in [2.05, 4.69) is 25.2 Å². The molecule has 0 aromatic heterocycles. The summed E-state index contributed by atoms with van der Waals surface area (Å²) in [6.45, 7) is 7.89. The van der Waals surface area contributed by atoms with E-state index in [1.54, 1.807) is 18.2 Å². The highest BCUT2D eigenvalue weighted by Gasteiger charge is 2.18. The number of thioether (sulfide) groups is 1. The summed E-state index contributed by atoms with van der Waals surface area (Å²) in [5, 5.41) is 11.5. The topological polar surface area (TPSA) is 79.2 Å². The Morgan fingerprint density at radius 2 is 1.83 bits per heavy atom. The van der Waals surface area contributed by atoms with Gasteiger partial charge in [-0.15, -0.1) is 11.8 Å². The van der Waals surface area contributed by atoms with Crippen LogP contribution in [0.25, 0.3) is 0 Å². The van der Waals surface area contributed by atoms with E-state index < -0.39 is 11.9 Å². The second-order valence-corrected chi connectivity index (χ2v) is 8.24. The lowest BCUT2D eigenvalue weighted by Gasteiger charge is -2.16. The van der Waals surface area contributed by atoms with E-state index in [9.17, 15) is 9.59 Å². The van der Waals surface area contributed by atoms with Gasteiger partial charge in [0.05, 0.1) is 23.1 Å². The highest BCUT2D eigenvalue weighted by atomic mass is 32.2. The van der Waals surface area contributed by atoms with Crippen molar-refractivity contribution in [2.75, 3.05) is 17.7 Å². The van der Waals surface area contributed by atoms with Crippen LogP contribution in [0.15, 0.2) is 47.4 Å². The van der Waals surface area contributed by atoms with Crippen LogP contribution in [0.2, 0.25) is 0 Å². The smallest absolute Gasteiger partial charge is 0.338 e. The number of amides is 1. The molecule has 1 N–H and O–H groups in total. The number of ether oxygens (including phenoxy) is 1. The molecule has 0 bridgehead atoms. The Balaban J connectivity index is 2.04. The fourth-order valence-electron chi connectivity index (χ4n) is 2.80. The second-order valence-electron chi connectivity index (χ2n) is 7.22. The van der Waals surface area contributed by atoms with Crippen molar-refractivity contribution in [3.63, 3.8) is 0 Å². The molecular weight excluding hydrogens is 384 g/mol. The van der Waals surface area contributed by atoms with Crippen LogP contribution in [0.4, 0.5) is 5.69 Å². The maximum Gasteiger partial charge on any atom is 0.338 e. The van der Waals surface area contributed by atoms with Crippen LogP contribution in [0, 0.1) is 11.3 Å². The first-order valence-corrected chi connectivity index (χ1v) is 10.5. The SMILES string of the molecule is CC(C)c1ccc(C(=O)OCC(=O)Nc2ccccc2SCC#N)c(C(C)C)c1. The number of esters is 1. The van der Waals surface area contributed by atoms with Crippen molar-refractivity contribution in [3.05, 3.63) is 59.2 Å². The summed E-state index contributed by atoms with van der Waals surface area (Å²) < 4.78 is 5.26. The van der Waals surface area contributed by atoms with Gasteiger partial charge in [-0.1, -0.05) is 52.0 Å². The summed E-state index contributed by atoms with van der Waals surface area (Å²) >= 11 is 1.34. The molecule has 0 aliphatic heterocycles. The van der Waals surface area contributed by atoms with Gasteiger partial charge in [-0.05, 0) is 41.2 Å².